The Labute approximate surface area is 262 Å². The fraction of sp³-hybridized carbons (Fsp3) is 0.120. The summed E-state index contributed by atoms with van der Waals surface area (Å²) in [5.74, 6) is -5.12. The van der Waals surface area contributed by atoms with Crippen molar-refractivity contribution >= 4 is 41.9 Å². The van der Waals surface area contributed by atoms with Crippen LogP contribution in [0.15, 0.2) is 36.4 Å². The number of carbonyl (C=O) groups is 1. The van der Waals surface area contributed by atoms with Gasteiger partial charge in [0.05, 0.1) is 44.7 Å². The molecule has 0 aromatic heterocycles. The van der Waals surface area contributed by atoms with Crippen LogP contribution >= 0.6 is 0 Å². The number of aldehydes is 1. The Morgan fingerprint density at radius 2 is 1.14 bits per heavy atom. The summed E-state index contributed by atoms with van der Waals surface area (Å²) in [7, 11) is -3.72. The van der Waals surface area contributed by atoms with Crippen molar-refractivity contribution in [1.29, 1.82) is 0 Å². The second-order valence-electron chi connectivity index (χ2n) is 7.19. The van der Waals surface area contributed by atoms with Gasteiger partial charge in [0.1, 0.15) is 34.9 Å². The number of benzene rings is 3. The van der Waals surface area contributed by atoms with Gasteiger partial charge < -0.3 is 6.53 Å². The van der Waals surface area contributed by atoms with Gasteiger partial charge in [-0.25, -0.2) is 40.9 Å². The molecule has 0 aliphatic rings. The van der Waals surface area contributed by atoms with Gasteiger partial charge in [0, 0.05) is 19.5 Å². The molecular weight excluding hydrogens is 602 g/mol. The van der Waals surface area contributed by atoms with Crippen LogP contribution in [0.1, 0.15) is 22.9 Å². The molecule has 0 spiro atoms. The van der Waals surface area contributed by atoms with Gasteiger partial charge in [0.25, 0.3) is 10.1 Å². The van der Waals surface area contributed by atoms with Gasteiger partial charge in [0.2, 0.25) is 17.1 Å². The standard InChI is InChI=1S/C9H7F2NO3S.C8H5F2NO.C8H3F2NO.B.Na.H/c1-12-9-4-7(10)6(3-8(9)11)5-15-16(2,13)14;2*1-11-8-3-6(9)5(4-12)2-7(8)10;;;/h3-4H,5H2,2H3;2-3,12H,4H2;2-4H;;;/q;;;;+1;-1. The van der Waals surface area contributed by atoms with Crippen LogP contribution in [0.2, 0.25) is 0 Å². The topological polar surface area (TPSA) is 93.8 Å². The predicted octanol–water partition coefficient (Wildman–Crippen LogP) is 3.06. The molecule has 3 rings (SSSR count). The average Bonchev–Trinajstić information content (AvgIpc) is 2.91. The third-order valence-electron chi connectivity index (χ3n) is 4.39. The summed E-state index contributed by atoms with van der Waals surface area (Å²) in [6, 6.07) is 4.44. The Bertz CT molecular complexity index is 1660. The minimum absolute atomic E-state index is 0. The molecular formula is C25H16BF6N3NaO5S. The zero-order valence-corrected chi connectivity index (χ0v) is 24.4. The summed E-state index contributed by atoms with van der Waals surface area (Å²) in [5, 5.41) is 8.52. The van der Waals surface area contributed by atoms with Crippen LogP contribution in [0.25, 0.3) is 14.5 Å². The Hall–Kier alpha value is -3.69. The molecule has 0 unspecified atom stereocenters. The van der Waals surface area contributed by atoms with E-state index in [2.05, 4.69) is 18.7 Å². The minimum atomic E-state index is -3.72. The molecule has 0 amide bonds. The van der Waals surface area contributed by atoms with E-state index >= 15 is 0 Å². The number of aliphatic hydroxyl groups excluding tert-OH is 1. The largest absolute Gasteiger partial charge is 1.00 e. The second-order valence-corrected chi connectivity index (χ2v) is 8.84. The third-order valence-corrected chi connectivity index (χ3v) is 4.93. The molecule has 0 saturated carbocycles. The van der Waals surface area contributed by atoms with Crippen molar-refractivity contribution in [2.24, 2.45) is 0 Å². The van der Waals surface area contributed by atoms with E-state index in [-0.39, 0.29) is 68.1 Å². The quantitative estimate of drug-likeness (QED) is 0.156. The third kappa shape index (κ3) is 12.4. The monoisotopic (exact) mass is 618 g/mol. The van der Waals surface area contributed by atoms with Gasteiger partial charge >= 0.3 is 29.6 Å². The Kier molecular flexibility index (Phi) is 18.0. The molecule has 17 heteroatoms. The molecule has 3 aromatic carbocycles. The van der Waals surface area contributed by atoms with E-state index in [1.807, 2.05) is 0 Å². The van der Waals surface area contributed by atoms with Gasteiger partial charge in [-0.15, -0.1) is 0 Å². The molecule has 0 heterocycles. The van der Waals surface area contributed by atoms with E-state index in [1.165, 1.54) is 0 Å². The summed E-state index contributed by atoms with van der Waals surface area (Å²) >= 11 is 0. The van der Waals surface area contributed by atoms with Crippen LogP contribution in [-0.4, -0.2) is 34.5 Å². The van der Waals surface area contributed by atoms with Crippen molar-refractivity contribution < 1.29 is 79.8 Å². The number of aliphatic hydroxyl groups is 1. The molecule has 213 valence electrons. The first-order chi connectivity index (χ1) is 18.7. The molecule has 42 heavy (non-hydrogen) atoms. The first-order valence-corrected chi connectivity index (χ1v) is 12.0. The molecule has 1 N–H and O–H groups in total. The van der Waals surface area contributed by atoms with Crippen molar-refractivity contribution in [3.8, 4) is 0 Å². The maximum absolute atomic E-state index is 13.2. The number of hydrogen-bond donors (Lipinski definition) is 1. The van der Waals surface area contributed by atoms with E-state index in [0.29, 0.717) is 18.2 Å². The number of rotatable bonds is 5. The maximum atomic E-state index is 13.2. The number of carbonyl (C=O) groups excluding carboxylic acids is 1. The Morgan fingerprint density at radius 1 is 0.762 bits per heavy atom. The number of nitrogens with zero attached hydrogens (tertiary/aromatic N) is 3. The summed E-state index contributed by atoms with van der Waals surface area (Å²) in [5.41, 5.74) is -2.02. The molecule has 8 nitrogen and oxygen atoms in total. The molecule has 3 aromatic rings. The summed E-state index contributed by atoms with van der Waals surface area (Å²) < 4.78 is 103. The molecule has 0 bridgehead atoms. The summed E-state index contributed by atoms with van der Waals surface area (Å²) in [6.45, 7) is 18.3. The number of hydrogen-bond acceptors (Lipinski definition) is 5. The van der Waals surface area contributed by atoms with Gasteiger partial charge in [-0.05, 0) is 36.4 Å². The van der Waals surface area contributed by atoms with E-state index in [0.717, 1.165) is 24.5 Å². The van der Waals surface area contributed by atoms with Crippen molar-refractivity contribution in [2.45, 2.75) is 13.2 Å². The van der Waals surface area contributed by atoms with E-state index in [1.54, 1.807) is 0 Å². The Balaban J connectivity index is -0.000000547. The fourth-order valence-electron chi connectivity index (χ4n) is 2.46. The van der Waals surface area contributed by atoms with Gasteiger partial charge in [-0.1, -0.05) is 0 Å². The molecule has 0 aliphatic heterocycles. The average molecular weight is 618 g/mol. The molecule has 0 aliphatic carbocycles. The first-order valence-electron chi connectivity index (χ1n) is 10.2. The van der Waals surface area contributed by atoms with Gasteiger partial charge in [0.15, 0.2) is 6.29 Å². The zero-order chi connectivity index (χ0) is 30.6. The maximum Gasteiger partial charge on any atom is 1.00 e. The second kappa shape index (κ2) is 18.7. The SMILES string of the molecule is [B].[C-]#[N+]c1cc(F)c(C=O)cc1F.[C-]#[N+]c1cc(F)c(CO)cc1F.[C-]#[N+]c1cc(F)c(COS(C)(=O)=O)cc1F.[H-].[Na+]. The molecule has 3 radical (unpaired) electrons. The van der Waals surface area contributed by atoms with Crippen LogP contribution < -0.4 is 29.6 Å². The van der Waals surface area contributed by atoms with E-state index in [4.69, 9.17) is 24.8 Å². The van der Waals surface area contributed by atoms with Crippen molar-refractivity contribution in [2.75, 3.05) is 6.26 Å². The zero-order valence-electron chi connectivity index (χ0n) is 22.6. The number of halogens is 6. The molecule has 0 saturated heterocycles. The predicted molar refractivity (Wildman–Crippen MR) is 136 cm³/mol. The normalized spacial score (nSPS) is 9.55. The van der Waals surface area contributed by atoms with Crippen LogP contribution in [0.5, 0.6) is 0 Å². The van der Waals surface area contributed by atoms with E-state index in [9.17, 15) is 39.6 Å². The first kappa shape index (κ1) is 40.5. The van der Waals surface area contributed by atoms with Gasteiger partial charge in [-0.3, -0.25) is 8.98 Å². The van der Waals surface area contributed by atoms with Crippen molar-refractivity contribution in [1.82, 2.24) is 0 Å². The van der Waals surface area contributed by atoms with E-state index < -0.39 is 69.6 Å². The molecule has 0 fully saturated rings. The Morgan fingerprint density at radius 3 is 1.52 bits per heavy atom. The van der Waals surface area contributed by atoms with Crippen LogP contribution in [0.4, 0.5) is 43.4 Å². The summed E-state index contributed by atoms with van der Waals surface area (Å²) in [6.07, 6.45) is 1.00. The van der Waals surface area contributed by atoms with Crippen LogP contribution in [0.3, 0.4) is 0 Å². The smallest absolute Gasteiger partial charge is 1.00 e. The van der Waals surface area contributed by atoms with Crippen molar-refractivity contribution in [3.63, 3.8) is 0 Å². The fourth-order valence-corrected chi connectivity index (χ4v) is 2.80. The van der Waals surface area contributed by atoms with Gasteiger partial charge in [-0.2, -0.15) is 8.42 Å². The van der Waals surface area contributed by atoms with Crippen LogP contribution in [-0.2, 0) is 27.5 Å². The van der Waals surface area contributed by atoms with Crippen molar-refractivity contribution in [3.05, 3.63) is 122 Å². The van der Waals surface area contributed by atoms with Crippen LogP contribution in [0, 0.1) is 54.6 Å². The summed E-state index contributed by atoms with van der Waals surface area (Å²) in [4.78, 5) is 18.3. The minimum Gasteiger partial charge on any atom is -1.00 e. The molecule has 0 atom stereocenters.